The van der Waals surface area contributed by atoms with Gasteiger partial charge in [-0.15, -0.1) is 11.3 Å². The average Bonchev–Trinajstić information content (AvgIpc) is 3.17. The Kier molecular flexibility index (Phi) is 6.02. The number of nitrogens with one attached hydrogen (secondary N) is 2. The fourth-order valence-electron chi connectivity index (χ4n) is 3.57. The van der Waals surface area contributed by atoms with Crippen molar-refractivity contribution in [3.63, 3.8) is 0 Å². The van der Waals surface area contributed by atoms with E-state index in [4.69, 9.17) is 0 Å². The summed E-state index contributed by atoms with van der Waals surface area (Å²) in [5.74, 6) is 1.55. The van der Waals surface area contributed by atoms with E-state index in [9.17, 15) is 4.79 Å². The van der Waals surface area contributed by atoms with Gasteiger partial charge in [-0.2, -0.15) is 0 Å². The van der Waals surface area contributed by atoms with Gasteiger partial charge in [0.2, 0.25) is 5.91 Å². The van der Waals surface area contributed by atoms with Gasteiger partial charge in [-0.25, -0.2) is 4.98 Å². The number of nitrogens with zero attached hydrogens (tertiary/aromatic N) is 2. The molecule has 0 aliphatic carbocycles. The first-order chi connectivity index (χ1) is 11.2. The second kappa shape index (κ2) is 8.22. The van der Waals surface area contributed by atoms with Gasteiger partial charge in [-0.1, -0.05) is 6.92 Å². The number of thiazole rings is 1. The van der Waals surface area contributed by atoms with Gasteiger partial charge in [-0.05, 0) is 57.2 Å². The molecule has 2 unspecified atom stereocenters. The van der Waals surface area contributed by atoms with Crippen LogP contribution in [0.2, 0.25) is 0 Å². The molecule has 128 valence electrons. The minimum atomic E-state index is 0.101. The van der Waals surface area contributed by atoms with Crippen LogP contribution in [0.1, 0.15) is 44.7 Å². The number of carbonyl (C=O) groups is 1. The van der Waals surface area contributed by atoms with Gasteiger partial charge < -0.3 is 10.6 Å². The molecule has 2 aliphatic heterocycles. The maximum atomic E-state index is 12.0. The standard InChI is InChI=1S/C17H28N4OS/c1-13-3-2-8-21(10-13)11-15-12-23-17(19-15)20-16(22)5-4-14-6-7-18-9-14/h12-14,18H,2-11H2,1H3,(H,19,20,22). The van der Waals surface area contributed by atoms with E-state index >= 15 is 0 Å². The molecule has 23 heavy (non-hydrogen) atoms. The molecule has 2 aliphatic rings. The second-order valence-corrected chi connectivity index (χ2v) is 7.93. The lowest BCUT2D eigenvalue weighted by Crippen LogP contribution is -2.33. The van der Waals surface area contributed by atoms with Gasteiger partial charge in [0.25, 0.3) is 0 Å². The van der Waals surface area contributed by atoms with Crippen LogP contribution in [0.5, 0.6) is 0 Å². The first-order valence-corrected chi connectivity index (χ1v) is 9.74. The van der Waals surface area contributed by atoms with E-state index in [0.717, 1.165) is 49.3 Å². The molecule has 6 heteroatoms. The van der Waals surface area contributed by atoms with E-state index in [0.29, 0.717) is 12.3 Å². The smallest absolute Gasteiger partial charge is 0.226 e. The zero-order valence-electron chi connectivity index (χ0n) is 14.0. The zero-order chi connectivity index (χ0) is 16.1. The second-order valence-electron chi connectivity index (χ2n) is 7.07. The van der Waals surface area contributed by atoms with Crippen LogP contribution in [0.25, 0.3) is 0 Å². The van der Waals surface area contributed by atoms with E-state index in [2.05, 4.69) is 32.8 Å². The summed E-state index contributed by atoms with van der Waals surface area (Å²) in [5, 5.41) is 9.13. The van der Waals surface area contributed by atoms with Crippen molar-refractivity contribution in [3.8, 4) is 0 Å². The van der Waals surface area contributed by atoms with Crippen LogP contribution in [0, 0.1) is 11.8 Å². The molecule has 0 aromatic carbocycles. The van der Waals surface area contributed by atoms with E-state index in [1.54, 1.807) is 11.3 Å². The quantitative estimate of drug-likeness (QED) is 0.839. The van der Waals surface area contributed by atoms with Gasteiger partial charge in [0, 0.05) is 24.9 Å². The highest BCUT2D eigenvalue weighted by Gasteiger charge is 2.18. The van der Waals surface area contributed by atoms with Crippen molar-refractivity contribution in [1.82, 2.24) is 15.2 Å². The van der Waals surface area contributed by atoms with E-state index in [1.165, 1.54) is 25.8 Å². The number of piperidine rings is 1. The van der Waals surface area contributed by atoms with E-state index < -0.39 is 0 Å². The van der Waals surface area contributed by atoms with Crippen LogP contribution in [0.15, 0.2) is 5.38 Å². The first kappa shape index (κ1) is 16.9. The van der Waals surface area contributed by atoms with Gasteiger partial charge in [0.15, 0.2) is 5.13 Å². The van der Waals surface area contributed by atoms with Crippen molar-refractivity contribution in [2.24, 2.45) is 11.8 Å². The number of amides is 1. The molecular formula is C17H28N4OS. The van der Waals surface area contributed by atoms with Gasteiger partial charge in [0.1, 0.15) is 0 Å². The zero-order valence-corrected chi connectivity index (χ0v) is 14.8. The molecule has 3 rings (SSSR count). The van der Waals surface area contributed by atoms with Crippen molar-refractivity contribution >= 4 is 22.4 Å². The molecule has 3 heterocycles. The number of carbonyl (C=O) groups excluding carboxylic acids is 1. The molecule has 0 spiro atoms. The van der Waals surface area contributed by atoms with Crippen molar-refractivity contribution < 1.29 is 4.79 Å². The molecule has 2 fully saturated rings. The lowest BCUT2D eigenvalue weighted by molar-refractivity contribution is -0.116. The Morgan fingerprint density at radius 3 is 3.22 bits per heavy atom. The van der Waals surface area contributed by atoms with Crippen LogP contribution < -0.4 is 10.6 Å². The Morgan fingerprint density at radius 1 is 1.52 bits per heavy atom. The fraction of sp³-hybridized carbons (Fsp3) is 0.765. The van der Waals surface area contributed by atoms with Crippen LogP contribution in [0.3, 0.4) is 0 Å². The molecule has 2 atom stereocenters. The van der Waals surface area contributed by atoms with Crippen molar-refractivity contribution in [3.05, 3.63) is 11.1 Å². The Labute approximate surface area is 142 Å². The first-order valence-electron chi connectivity index (χ1n) is 8.86. The predicted molar refractivity (Wildman–Crippen MR) is 94.6 cm³/mol. The highest BCUT2D eigenvalue weighted by molar-refractivity contribution is 7.13. The third-order valence-corrected chi connectivity index (χ3v) is 5.67. The molecule has 2 saturated heterocycles. The SMILES string of the molecule is CC1CCCN(Cc2csc(NC(=O)CCC3CCNC3)n2)C1. The van der Waals surface area contributed by atoms with Gasteiger partial charge >= 0.3 is 0 Å². The summed E-state index contributed by atoms with van der Waals surface area (Å²) in [6.45, 7) is 7.71. The molecule has 1 amide bonds. The Morgan fingerprint density at radius 2 is 2.43 bits per heavy atom. The van der Waals surface area contributed by atoms with Crippen LogP contribution in [-0.4, -0.2) is 42.0 Å². The molecule has 1 aromatic heterocycles. The average molecular weight is 337 g/mol. The Balaban J connectivity index is 1.42. The van der Waals surface area contributed by atoms with E-state index in [1.807, 2.05) is 0 Å². The molecule has 1 aromatic rings. The fourth-order valence-corrected chi connectivity index (χ4v) is 4.29. The highest BCUT2D eigenvalue weighted by Crippen LogP contribution is 2.21. The molecular weight excluding hydrogens is 308 g/mol. The van der Waals surface area contributed by atoms with Crippen molar-refractivity contribution in [2.45, 2.75) is 45.6 Å². The maximum absolute atomic E-state index is 12.0. The Hall–Kier alpha value is -0.980. The molecule has 0 bridgehead atoms. The number of hydrogen-bond donors (Lipinski definition) is 2. The number of hydrogen-bond acceptors (Lipinski definition) is 5. The molecule has 0 radical (unpaired) electrons. The van der Waals surface area contributed by atoms with E-state index in [-0.39, 0.29) is 5.91 Å². The number of likely N-dealkylation sites (tertiary alicyclic amines) is 1. The Bertz CT molecular complexity index is 512. The highest BCUT2D eigenvalue weighted by atomic mass is 32.1. The summed E-state index contributed by atoms with van der Waals surface area (Å²) in [6, 6.07) is 0. The minimum Gasteiger partial charge on any atom is -0.316 e. The molecule has 5 nitrogen and oxygen atoms in total. The summed E-state index contributed by atoms with van der Waals surface area (Å²) < 4.78 is 0. The summed E-state index contributed by atoms with van der Waals surface area (Å²) in [6.07, 6.45) is 5.40. The summed E-state index contributed by atoms with van der Waals surface area (Å²) >= 11 is 1.54. The summed E-state index contributed by atoms with van der Waals surface area (Å²) in [5.41, 5.74) is 1.08. The van der Waals surface area contributed by atoms with Crippen LogP contribution in [0.4, 0.5) is 5.13 Å². The number of rotatable bonds is 6. The van der Waals surface area contributed by atoms with Gasteiger partial charge in [-0.3, -0.25) is 9.69 Å². The normalized spacial score (nSPS) is 25.6. The number of aromatic nitrogens is 1. The maximum Gasteiger partial charge on any atom is 0.226 e. The lowest BCUT2D eigenvalue weighted by Gasteiger charge is -2.30. The summed E-state index contributed by atoms with van der Waals surface area (Å²) in [4.78, 5) is 19.1. The monoisotopic (exact) mass is 336 g/mol. The van der Waals surface area contributed by atoms with Crippen LogP contribution in [-0.2, 0) is 11.3 Å². The van der Waals surface area contributed by atoms with Crippen molar-refractivity contribution in [1.29, 1.82) is 0 Å². The largest absolute Gasteiger partial charge is 0.316 e. The topological polar surface area (TPSA) is 57.3 Å². The van der Waals surface area contributed by atoms with Crippen molar-refractivity contribution in [2.75, 3.05) is 31.5 Å². The molecule has 2 N–H and O–H groups in total. The predicted octanol–water partition coefficient (Wildman–Crippen LogP) is 2.70. The third-order valence-electron chi connectivity index (χ3n) is 4.87. The van der Waals surface area contributed by atoms with Crippen LogP contribution >= 0.6 is 11.3 Å². The minimum absolute atomic E-state index is 0.101. The summed E-state index contributed by atoms with van der Waals surface area (Å²) in [7, 11) is 0. The molecule has 0 saturated carbocycles. The third kappa shape index (κ3) is 5.26. The lowest BCUT2D eigenvalue weighted by atomic mass is 10.0. The number of anilines is 1. The van der Waals surface area contributed by atoms with Gasteiger partial charge in [0.05, 0.1) is 5.69 Å².